The fraction of sp³-hybridized carbons (Fsp3) is 0.214. The summed E-state index contributed by atoms with van der Waals surface area (Å²) in [7, 11) is 3.61. The highest BCUT2D eigenvalue weighted by molar-refractivity contribution is 6.11. The third kappa shape index (κ3) is 3.75. The van der Waals surface area contributed by atoms with Crippen molar-refractivity contribution in [1.29, 1.82) is 0 Å². The normalized spacial score (nSPS) is 13.2. The molecule has 0 atom stereocenters. The Hall–Kier alpha value is -4.41. The van der Waals surface area contributed by atoms with E-state index in [4.69, 9.17) is 9.72 Å². The number of hydrogen-bond acceptors (Lipinski definition) is 4. The summed E-state index contributed by atoms with van der Waals surface area (Å²) >= 11 is 0. The topological polar surface area (TPSA) is 51.8 Å². The molecule has 0 spiro atoms. The minimum atomic E-state index is -3.09. The highest BCUT2D eigenvalue weighted by atomic mass is 19.3. The van der Waals surface area contributed by atoms with Gasteiger partial charge in [0, 0.05) is 44.0 Å². The first-order chi connectivity index (χ1) is 18.6. The second-order valence-electron chi connectivity index (χ2n) is 9.51. The predicted octanol–water partition coefficient (Wildman–Crippen LogP) is 6.04. The van der Waals surface area contributed by atoms with Gasteiger partial charge in [0.2, 0.25) is 5.78 Å². The van der Waals surface area contributed by atoms with Crippen LogP contribution in [-0.4, -0.2) is 39.9 Å². The third-order valence-corrected chi connectivity index (χ3v) is 7.27. The number of pyridine rings is 1. The first-order valence-electron chi connectivity index (χ1n) is 12.0. The van der Waals surface area contributed by atoms with Gasteiger partial charge in [-0.1, -0.05) is 6.07 Å². The largest absolute Gasteiger partial charge is 0.434 e. The number of likely N-dealkylation sites (N-methyl/N-ethyl adjacent to an activating group) is 1. The van der Waals surface area contributed by atoms with Crippen LogP contribution in [-0.2, 0) is 13.5 Å². The maximum absolute atomic E-state index is 13.9. The number of alkyl halides is 2. The van der Waals surface area contributed by atoms with Crippen molar-refractivity contribution < 1.29 is 31.5 Å². The van der Waals surface area contributed by atoms with Crippen molar-refractivity contribution in [2.75, 3.05) is 18.5 Å². The molecule has 0 bridgehead atoms. The summed E-state index contributed by atoms with van der Waals surface area (Å²) in [6, 6.07) is 7.82. The number of halogens is 5. The van der Waals surface area contributed by atoms with Crippen molar-refractivity contribution in [3.63, 3.8) is 0 Å². The molecule has 0 N–H and O–H groups in total. The zero-order chi connectivity index (χ0) is 27.7. The Bertz CT molecular complexity index is 1800. The number of benzene rings is 2. The van der Waals surface area contributed by atoms with E-state index in [-0.39, 0.29) is 17.0 Å². The number of anilines is 1. The van der Waals surface area contributed by atoms with Gasteiger partial charge in [0.1, 0.15) is 17.1 Å². The molecule has 5 aromatic rings. The molecule has 6 rings (SSSR count). The fourth-order valence-electron chi connectivity index (χ4n) is 5.36. The lowest BCUT2D eigenvalue weighted by molar-refractivity contribution is -0.0493. The van der Waals surface area contributed by atoms with Crippen LogP contribution in [0.1, 0.15) is 27.4 Å². The summed E-state index contributed by atoms with van der Waals surface area (Å²) in [5, 5.41) is 0. The number of aryl methyl sites for hydroxylation is 2. The van der Waals surface area contributed by atoms with E-state index in [0.29, 0.717) is 64.3 Å². The maximum Gasteiger partial charge on any atom is 0.387 e. The molecule has 0 saturated heterocycles. The van der Waals surface area contributed by atoms with Gasteiger partial charge in [0.15, 0.2) is 17.5 Å². The Morgan fingerprint density at radius 3 is 2.49 bits per heavy atom. The Morgan fingerprint density at radius 1 is 1.08 bits per heavy atom. The van der Waals surface area contributed by atoms with Crippen LogP contribution >= 0.6 is 0 Å². The van der Waals surface area contributed by atoms with Gasteiger partial charge < -0.3 is 18.6 Å². The van der Waals surface area contributed by atoms with Crippen LogP contribution in [0.2, 0.25) is 0 Å². The Kier molecular flexibility index (Phi) is 5.63. The van der Waals surface area contributed by atoms with Crippen LogP contribution < -0.4 is 9.64 Å². The van der Waals surface area contributed by atoms with Crippen molar-refractivity contribution in [1.82, 2.24) is 14.0 Å². The number of hydrogen-bond donors (Lipinski definition) is 0. The fourth-order valence-corrected chi connectivity index (χ4v) is 5.36. The Morgan fingerprint density at radius 2 is 1.79 bits per heavy atom. The second kappa shape index (κ2) is 8.82. The average molecular weight is 540 g/mol. The van der Waals surface area contributed by atoms with Gasteiger partial charge in [-0.15, -0.1) is 0 Å². The van der Waals surface area contributed by atoms with Gasteiger partial charge in [0.05, 0.1) is 28.0 Å². The van der Waals surface area contributed by atoms with E-state index < -0.39 is 29.8 Å². The molecule has 11 heteroatoms. The van der Waals surface area contributed by atoms with E-state index in [1.807, 2.05) is 18.9 Å². The molecule has 0 radical (unpaired) electrons. The van der Waals surface area contributed by atoms with Crippen LogP contribution in [0.3, 0.4) is 0 Å². The molecular weight excluding hydrogens is 519 g/mol. The van der Waals surface area contributed by atoms with Gasteiger partial charge in [-0.3, -0.25) is 4.79 Å². The molecule has 4 heterocycles. The first-order valence-corrected chi connectivity index (χ1v) is 12.0. The summed E-state index contributed by atoms with van der Waals surface area (Å²) in [6.07, 6.45) is 2.07. The van der Waals surface area contributed by atoms with E-state index in [9.17, 15) is 26.7 Å². The smallest absolute Gasteiger partial charge is 0.387 e. The quantitative estimate of drug-likeness (QED) is 0.158. The van der Waals surface area contributed by atoms with Crippen molar-refractivity contribution in [3.8, 4) is 16.9 Å². The first kappa shape index (κ1) is 24.9. The standard InChI is InChI=1S/C28H21F5N4O2/c1-13-34-24-19(36(13)3)12-21(39-28(32)33)22-16-5-4-7-37-20(11-14(25(16)37)6-8-35(2)26(22)24)27(38)15-9-17(29)23(31)18(30)10-15/h4-5,7,9-12,28H,6,8H2,1-3H3. The second-order valence-corrected chi connectivity index (χ2v) is 9.51. The minimum absolute atomic E-state index is 0.0555. The monoisotopic (exact) mass is 540 g/mol. The molecule has 0 amide bonds. The van der Waals surface area contributed by atoms with Gasteiger partial charge in [0.25, 0.3) is 0 Å². The number of ketones is 1. The molecule has 0 aliphatic carbocycles. The Balaban J connectivity index is 1.66. The van der Waals surface area contributed by atoms with Crippen molar-refractivity contribution in [2.45, 2.75) is 20.0 Å². The highest BCUT2D eigenvalue weighted by Crippen LogP contribution is 2.47. The maximum atomic E-state index is 13.9. The number of carbonyl (C=O) groups excluding carboxylic acids is 1. The molecule has 3 aromatic heterocycles. The number of nitrogens with zero attached hydrogens (tertiary/aromatic N) is 4. The van der Waals surface area contributed by atoms with E-state index in [2.05, 4.69) is 0 Å². The van der Waals surface area contributed by atoms with Gasteiger partial charge in [-0.25, -0.2) is 18.2 Å². The Labute approximate surface area is 218 Å². The molecule has 39 heavy (non-hydrogen) atoms. The van der Waals surface area contributed by atoms with E-state index in [0.717, 1.165) is 5.56 Å². The number of rotatable bonds is 4. The molecule has 2 aromatic carbocycles. The summed E-state index contributed by atoms with van der Waals surface area (Å²) in [5.74, 6) is -4.71. The third-order valence-electron chi connectivity index (χ3n) is 7.27. The minimum Gasteiger partial charge on any atom is -0.434 e. The molecule has 200 valence electrons. The van der Waals surface area contributed by atoms with Gasteiger partial charge >= 0.3 is 6.61 Å². The number of imidazole rings is 1. The van der Waals surface area contributed by atoms with Crippen LogP contribution in [0.4, 0.5) is 27.6 Å². The SMILES string of the molecule is Cc1nc2c3c(c(OC(F)F)cc2n1C)-c1cccn2c(C(=O)c4cc(F)c(F)c(F)c4)cc(c12)CCN3C. The highest BCUT2D eigenvalue weighted by Gasteiger charge is 2.30. The van der Waals surface area contributed by atoms with E-state index in [1.165, 1.54) is 6.07 Å². The van der Waals surface area contributed by atoms with Crippen LogP contribution in [0.25, 0.3) is 27.7 Å². The molecule has 1 aliphatic heterocycles. The average Bonchev–Trinajstić information content (AvgIpc) is 3.40. The molecule has 0 saturated carbocycles. The van der Waals surface area contributed by atoms with Crippen molar-refractivity contribution >= 4 is 28.0 Å². The number of aromatic nitrogens is 3. The van der Waals surface area contributed by atoms with E-state index >= 15 is 0 Å². The zero-order valence-corrected chi connectivity index (χ0v) is 21.0. The summed E-state index contributed by atoms with van der Waals surface area (Å²) in [5.41, 5.74) is 3.73. The summed E-state index contributed by atoms with van der Waals surface area (Å²) in [4.78, 5) is 20.0. The molecular formula is C28H21F5N4O2. The lowest BCUT2D eigenvalue weighted by atomic mass is 9.96. The zero-order valence-electron chi connectivity index (χ0n) is 21.0. The van der Waals surface area contributed by atoms with Crippen LogP contribution in [0.5, 0.6) is 5.75 Å². The number of carbonyl (C=O) groups is 1. The summed E-state index contributed by atoms with van der Waals surface area (Å²) in [6.45, 7) is -0.839. The lowest BCUT2D eigenvalue weighted by Gasteiger charge is -2.27. The van der Waals surface area contributed by atoms with E-state index in [1.54, 1.807) is 40.4 Å². The number of ether oxygens (including phenoxy) is 1. The number of fused-ring (bicyclic) bond motifs is 4. The summed E-state index contributed by atoms with van der Waals surface area (Å²) < 4.78 is 77.1. The molecule has 0 fully saturated rings. The van der Waals surface area contributed by atoms with Crippen molar-refractivity contribution in [3.05, 3.63) is 82.7 Å². The molecule has 0 unspecified atom stereocenters. The van der Waals surface area contributed by atoms with Crippen LogP contribution in [0, 0.1) is 24.4 Å². The van der Waals surface area contributed by atoms with Gasteiger partial charge in [-0.05, 0) is 43.2 Å². The van der Waals surface area contributed by atoms with Crippen LogP contribution in [0.15, 0.2) is 42.6 Å². The van der Waals surface area contributed by atoms with Crippen molar-refractivity contribution in [2.24, 2.45) is 7.05 Å². The van der Waals surface area contributed by atoms with Gasteiger partial charge in [-0.2, -0.15) is 8.78 Å². The lowest BCUT2D eigenvalue weighted by Crippen LogP contribution is -2.23. The predicted molar refractivity (Wildman–Crippen MR) is 135 cm³/mol. The molecule has 6 nitrogen and oxygen atoms in total. The molecule has 1 aliphatic rings.